The number of nitrogens with one attached hydrogen (secondary N) is 1. The van der Waals surface area contributed by atoms with Crippen LogP contribution in [0.3, 0.4) is 0 Å². The number of halogens is 1. The summed E-state index contributed by atoms with van der Waals surface area (Å²) in [7, 11) is 0. The lowest BCUT2D eigenvalue weighted by atomic mass is 9.83. The average molecular weight is 623 g/mol. The summed E-state index contributed by atoms with van der Waals surface area (Å²) in [6.45, 7) is 12.5. The number of pyridine rings is 2. The maximum Gasteiger partial charge on any atom is 0.439 e. The molecule has 4 aromatic rings. The van der Waals surface area contributed by atoms with Gasteiger partial charge < -0.3 is 19.1 Å². The highest BCUT2D eigenvalue weighted by Crippen LogP contribution is 2.38. The van der Waals surface area contributed by atoms with E-state index in [9.17, 15) is 9.59 Å². The molecule has 0 spiro atoms. The zero-order valence-electron chi connectivity index (χ0n) is 25.8. The minimum Gasteiger partial charge on any atom is -0.444 e. The van der Waals surface area contributed by atoms with Crippen LogP contribution in [-0.2, 0) is 11.3 Å². The first kappa shape index (κ1) is 30.1. The standard InChI is InChI=1S/C31H39ClN8O4/c1-18-6-8-20(9-7-18)17-40-26-23(35-28(40)39-11-10-38(16-19(39)2)30(42)43-31(3,4)5)13-24(27-36-29(41)44-37-27)34-25(26)21-12-22(32)15-33-14-21/h12-15,18-20H,6-11,16-17H2,1-5H3,(H,36,37,41)/t18?,19-,20?/m1/s1. The number of imidazole rings is 1. The van der Waals surface area contributed by atoms with Crippen LogP contribution in [-0.4, -0.2) is 71.9 Å². The Bertz CT molecular complexity index is 1720. The molecule has 1 atom stereocenters. The number of carbonyl (C=O) groups is 1. The number of amides is 1. The summed E-state index contributed by atoms with van der Waals surface area (Å²) >= 11 is 6.40. The van der Waals surface area contributed by atoms with Crippen molar-refractivity contribution in [2.24, 2.45) is 11.8 Å². The van der Waals surface area contributed by atoms with Gasteiger partial charge in [-0.1, -0.05) is 36.5 Å². The van der Waals surface area contributed by atoms with Gasteiger partial charge in [-0.05, 0) is 64.5 Å². The van der Waals surface area contributed by atoms with Crippen molar-refractivity contribution in [1.82, 2.24) is 34.6 Å². The maximum absolute atomic E-state index is 12.9. The van der Waals surface area contributed by atoms with Crippen LogP contribution in [0.4, 0.5) is 10.7 Å². The van der Waals surface area contributed by atoms with Crippen molar-refractivity contribution in [2.45, 2.75) is 78.5 Å². The average Bonchev–Trinajstić information content (AvgIpc) is 3.56. The molecule has 4 aromatic heterocycles. The van der Waals surface area contributed by atoms with E-state index in [1.54, 1.807) is 17.3 Å². The van der Waals surface area contributed by atoms with Gasteiger partial charge >= 0.3 is 11.8 Å². The fraction of sp³-hybridized carbons (Fsp3) is 0.548. The van der Waals surface area contributed by atoms with Crippen molar-refractivity contribution in [3.05, 3.63) is 40.1 Å². The molecule has 0 bridgehead atoms. The van der Waals surface area contributed by atoms with Crippen molar-refractivity contribution in [3.63, 3.8) is 0 Å². The number of fused-ring (bicyclic) bond motifs is 1. The zero-order chi connectivity index (χ0) is 31.2. The van der Waals surface area contributed by atoms with Crippen LogP contribution in [0.2, 0.25) is 5.02 Å². The predicted molar refractivity (Wildman–Crippen MR) is 168 cm³/mol. The fourth-order valence-electron chi connectivity index (χ4n) is 6.26. The van der Waals surface area contributed by atoms with Crippen LogP contribution < -0.4 is 10.7 Å². The first-order valence-corrected chi connectivity index (χ1v) is 15.7. The van der Waals surface area contributed by atoms with Gasteiger partial charge in [0.05, 0.1) is 21.7 Å². The van der Waals surface area contributed by atoms with Crippen molar-refractivity contribution in [1.29, 1.82) is 0 Å². The molecule has 1 amide bonds. The number of piperazine rings is 1. The lowest BCUT2D eigenvalue weighted by Crippen LogP contribution is -2.55. The van der Waals surface area contributed by atoms with Gasteiger partial charge in [0, 0.05) is 50.2 Å². The number of ether oxygens (including phenoxy) is 1. The number of nitrogens with zero attached hydrogens (tertiary/aromatic N) is 7. The maximum atomic E-state index is 12.9. The van der Waals surface area contributed by atoms with E-state index in [0.29, 0.717) is 47.5 Å². The first-order chi connectivity index (χ1) is 20.9. The Morgan fingerprint density at radius 1 is 1.11 bits per heavy atom. The largest absolute Gasteiger partial charge is 0.444 e. The summed E-state index contributed by atoms with van der Waals surface area (Å²) in [5.41, 5.74) is 2.78. The fourth-order valence-corrected chi connectivity index (χ4v) is 6.43. The topological polar surface area (TPSA) is 135 Å². The van der Waals surface area contributed by atoms with E-state index in [1.165, 1.54) is 12.8 Å². The molecule has 6 rings (SSSR count). The second-order valence-electron chi connectivity index (χ2n) is 13.2. The lowest BCUT2D eigenvalue weighted by molar-refractivity contribution is 0.0217. The molecular weight excluding hydrogens is 584 g/mol. The van der Waals surface area contributed by atoms with Crippen LogP contribution in [0.5, 0.6) is 0 Å². The smallest absolute Gasteiger partial charge is 0.439 e. The third-order valence-corrected chi connectivity index (χ3v) is 8.68. The minimum absolute atomic E-state index is 0.0196. The molecule has 0 aromatic carbocycles. The van der Waals surface area contributed by atoms with Crippen LogP contribution in [0.15, 0.2) is 33.8 Å². The van der Waals surface area contributed by atoms with Crippen molar-refractivity contribution in [2.75, 3.05) is 24.5 Å². The second-order valence-corrected chi connectivity index (χ2v) is 13.6. The molecule has 1 N–H and O–H groups in total. The Balaban J connectivity index is 1.47. The van der Waals surface area contributed by atoms with Gasteiger partial charge in [-0.15, -0.1) is 0 Å². The SMILES string of the molecule is CC1CCC(Cn2c(N3CCN(C(=O)OC(C)(C)C)C[C@H]3C)nc3cc(-c4noc(=O)[nH]4)nc(-c4cncc(Cl)c4)c32)CC1. The number of carbonyl (C=O) groups excluding carboxylic acids is 1. The van der Waals surface area contributed by atoms with Crippen LogP contribution in [0.1, 0.15) is 60.3 Å². The normalized spacial score (nSPS) is 21.2. The van der Waals surface area contributed by atoms with E-state index >= 15 is 0 Å². The summed E-state index contributed by atoms with van der Waals surface area (Å²) < 4.78 is 12.7. The Labute approximate surface area is 260 Å². The Morgan fingerprint density at radius 2 is 1.89 bits per heavy atom. The van der Waals surface area contributed by atoms with Crippen molar-refractivity contribution < 1.29 is 14.1 Å². The number of hydrogen-bond acceptors (Lipinski definition) is 9. The molecule has 1 saturated carbocycles. The molecule has 0 radical (unpaired) electrons. The highest BCUT2D eigenvalue weighted by atomic mass is 35.5. The molecule has 1 aliphatic carbocycles. The van der Waals surface area contributed by atoms with Gasteiger partial charge in [-0.2, -0.15) is 0 Å². The van der Waals surface area contributed by atoms with Gasteiger partial charge in [0.15, 0.2) is 0 Å². The molecule has 13 heteroatoms. The Kier molecular flexibility index (Phi) is 8.12. The van der Waals surface area contributed by atoms with Crippen molar-refractivity contribution >= 4 is 34.7 Å². The Hall–Kier alpha value is -3.93. The third-order valence-electron chi connectivity index (χ3n) is 8.48. The quantitative estimate of drug-likeness (QED) is 0.294. The minimum atomic E-state index is -0.665. The molecular formula is C31H39ClN8O4. The number of H-pyrrole nitrogens is 1. The molecule has 1 aliphatic heterocycles. The highest BCUT2D eigenvalue weighted by molar-refractivity contribution is 6.30. The van der Waals surface area contributed by atoms with E-state index in [2.05, 4.69) is 38.4 Å². The monoisotopic (exact) mass is 622 g/mol. The number of aromatic nitrogens is 6. The number of rotatable bonds is 5. The molecule has 2 aliphatic rings. The summed E-state index contributed by atoms with van der Waals surface area (Å²) in [4.78, 5) is 45.9. The van der Waals surface area contributed by atoms with Gasteiger partial charge in [-0.3, -0.25) is 14.5 Å². The number of anilines is 1. The summed E-state index contributed by atoms with van der Waals surface area (Å²) in [6, 6.07) is 3.64. The molecule has 44 heavy (non-hydrogen) atoms. The lowest BCUT2D eigenvalue weighted by Gasteiger charge is -2.41. The van der Waals surface area contributed by atoms with Gasteiger partial charge in [0.1, 0.15) is 11.3 Å². The van der Waals surface area contributed by atoms with E-state index < -0.39 is 11.4 Å². The second kappa shape index (κ2) is 11.9. The van der Waals surface area contributed by atoms with E-state index in [1.807, 2.05) is 32.9 Å². The first-order valence-electron chi connectivity index (χ1n) is 15.3. The predicted octanol–water partition coefficient (Wildman–Crippen LogP) is 5.76. The molecule has 234 valence electrons. The van der Waals surface area contributed by atoms with Crippen LogP contribution >= 0.6 is 11.6 Å². The third kappa shape index (κ3) is 6.31. The van der Waals surface area contributed by atoms with Gasteiger partial charge in [0.25, 0.3) is 0 Å². The van der Waals surface area contributed by atoms with E-state index in [-0.39, 0.29) is 18.0 Å². The summed E-state index contributed by atoms with van der Waals surface area (Å²) in [6.07, 6.45) is 7.68. The molecule has 2 fully saturated rings. The highest BCUT2D eigenvalue weighted by Gasteiger charge is 2.34. The molecule has 12 nitrogen and oxygen atoms in total. The molecule has 5 heterocycles. The summed E-state index contributed by atoms with van der Waals surface area (Å²) in [5, 5.41) is 4.37. The molecule has 0 unspecified atom stereocenters. The number of hydrogen-bond donors (Lipinski definition) is 1. The van der Waals surface area contributed by atoms with E-state index in [4.69, 9.17) is 30.8 Å². The van der Waals surface area contributed by atoms with E-state index in [0.717, 1.165) is 42.3 Å². The van der Waals surface area contributed by atoms with Crippen molar-refractivity contribution in [3.8, 4) is 22.8 Å². The number of aromatic amines is 1. The zero-order valence-corrected chi connectivity index (χ0v) is 26.6. The van der Waals surface area contributed by atoms with Crippen LogP contribution in [0, 0.1) is 11.8 Å². The van der Waals surface area contributed by atoms with Crippen LogP contribution in [0.25, 0.3) is 33.8 Å². The van der Waals surface area contributed by atoms with Gasteiger partial charge in [0.2, 0.25) is 11.8 Å². The summed E-state index contributed by atoms with van der Waals surface area (Å²) in [5.74, 6) is 1.58. The Morgan fingerprint density at radius 3 is 2.55 bits per heavy atom. The van der Waals surface area contributed by atoms with Gasteiger partial charge in [-0.25, -0.2) is 19.6 Å². The molecule has 1 saturated heterocycles.